The van der Waals surface area contributed by atoms with Crippen LogP contribution in [0.3, 0.4) is 0 Å². The van der Waals surface area contributed by atoms with Gasteiger partial charge in [0.15, 0.2) is 0 Å². The molecule has 18 heavy (non-hydrogen) atoms. The van der Waals surface area contributed by atoms with Crippen molar-refractivity contribution in [3.05, 3.63) is 21.9 Å². The van der Waals surface area contributed by atoms with E-state index in [2.05, 4.69) is 11.8 Å². The van der Waals surface area contributed by atoms with Crippen LogP contribution in [0.15, 0.2) is 11.4 Å². The summed E-state index contributed by atoms with van der Waals surface area (Å²) in [6.07, 6.45) is 3.31. The van der Waals surface area contributed by atoms with E-state index in [1.54, 1.807) is 11.3 Å². The van der Waals surface area contributed by atoms with Gasteiger partial charge in [-0.3, -0.25) is 4.79 Å². The third kappa shape index (κ3) is 3.12. The number of rotatable bonds is 3. The predicted octanol–water partition coefficient (Wildman–Crippen LogP) is 1.82. The van der Waals surface area contributed by atoms with E-state index in [0.29, 0.717) is 13.1 Å². The van der Waals surface area contributed by atoms with Crippen LogP contribution in [0.4, 0.5) is 0 Å². The summed E-state index contributed by atoms with van der Waals surface area (Å²) in [4.78, 5) is 15.0. The lowest BCUT2D eigenvalue weighted by molar-refractivity contribution is -0.137. The first kappa shape index (κ1) is 13.1. The minimum atomic E-state index is 0.270. The second-order valence-corrected chi connectivity index (χ2v) is 5.63. The fourth-order valence-electron chi connectivity index (χ4n) is 1.96. The molecule has 4 heteroatoms. The Labute approximate surface area is 112 Å². The average molecular weight is 262 g/mol. The molecule has 96 valence electrons. The number of amides is 1. The van der Waals surface area contributed by atoms with Gasteiger partial charge in [-0.2, -0.15) is 0 Å². The van der Waals surface area contributed by atoms with E-state index in [-0.39, 0.29) is 11.8 Å². The molecule has 1 aromatic rings. The van der Waals surface area contributed by atoms with Crippen LogP contribution in [0.2, 0.25) is 0 Å². The van der Waals surface area contributed by atoms with E-state index < -0.39 is 0 Å². The second-order valence-electron chi connectivity index (χ2n) is 4.63. The Kier molecular flexibility index (Phi) is 4.40. The van der Waals surface area contributed by atoms with Gasteiger partial charge < -0.3 is 10.6 Å². The van der Waals surface area contributed by atoms with Crippen LogP contribution in [0.25, 0.3) is 0 Å². The van der Waals surface area contributed by atoms with E-state index in [9.17, 15) is 4.79 Å². The summed E-state index contributed by atoms with van der Waals surface area (Å²) < 4.78 is 0. The Morgan fingerprint density at radius 3 is 3.00 bits per heavy atom. The quantitative estimate of drug-likeness (QED) is 0.845. The molecule has 1 saturated carbocycles. The van der Waals surface area contributed by atoms with E-state index >= 15 is 0 Å². The number of carbonyl (C=O) groups is 1. The molecule has 0 unspecified atom stereocenters. The molecule has 0 atom stereocenters. The second kappa shape index (κ2) is 6.03. The van der Waals surface area contributed by atoms with Gasteiger partial charge in [0.2, 0.25) is 5.91 Å². The number of nitrogens with two attached hydrogens (primary N) is 1. The molecular formula is C14H18N2OS. The van der Waals surface area contributed by atoms with Crippen molar-refractivity contribution in [3.63, 3.8) is 0 Å². The number of nitrogens with zero attached hydrogens (tertiary/aromatic N) is 1. The molecule has 1 aromatic heterocycles. The van der Waals surface area contributed by atoms with Gasteiger partial charge in [-0.1, -0.05) is 18.3 Å². The van der Waals surface area contributed by atoms with Crippen molar-refractivity contribution in [2.24, 2.45) is 11.7 Å². The minimum absolute atomic E-state index is 0.270. The summed E-state index contributed by atoms with van der Waals surface area (Å²) >= 11 is 1.65. The Morgan fingerprint density at radius 2 is 2.39 bits per heavy atom. The summed E-state index contributed by atoms with van der Waals surface area (Å²) in [5, 5.41) is 2.01. The third-order valence-electron chi connectivity index (χ3n) is 3.21. The lowest BCUT2D eigenvalue weighted by Crippen LogP contribution is -2.35. The molecule has 0 aliphatic heterocycles. The van der Waals surface area contributed by atoms with Crippen molar-refractivity contribution in [1.82, 2.24) is 4.90 Å². The monoisotopic (exact) mass is 262 g/mol. The first-order valence-electron chi connectivity index (χ1n) is 6.22. The van der Waals surface area contributed by atoms with Crippen molar-refractivity contribution in [2.75, 3.05) is 13.6 Å². The van der Waals surface area contributed by atoms with Crippen molar-refractivity contribution in [2.45, 2.75) is 25.8 Å². The van der Waals surface area contributed by atoms with E-state index in [0.717, 1.165) is 18.4 Å². The van der Waals surface area contributed by atoms with Gasteiger partial charge in [0, 0.05) is 28.8 Å². The van der Waals surface area contributed by atoms with Crippen LogP contribution in [0.1, 0.15) is 29.7 Å². The zero-order chi connectivity index (χ0) is 13.0. The molecule has 1 aliphatic carbocycles. The van der Waals surface area contributed by atoms with Crippen LogP contribution in [0.5, 0.6) is 0 Å². The molecule has 2 N–H and O–H groups in total. The molecule has 0 aromatic carbocycles. The number of hydrogen-bond donors (Lipinski definition) is 1. The summed E-state index contributed by atoms with van der Waals surface area (Å²) in [5.41, 5.74) is 6.33. The molecule has 0 bridgehead atoms. The molecule has 1 heterocycles. The van der Waals surface area contributed by atoms with E-state index in [1.807, 2.05) is 23.4 Å². The first-order valence-corrected chi connectivity index (χ1v) is 7.10. The predicted molar refractivity (Wildman–Crippen MR) is 74.1 cm³/mol. The van der Waals surface area contributed by atoms with Gasteiger partial charge in [0.25, 0.3) is 0 Å². The summed E-state index contributed by atoms with van der Waals surface area (Å²) in [5.74, 6) is 6.39. The fourth-order valence-corrected chi connectivity index (χ4v) is 2.83. The molecule has 0 saturated heterocycles. The molecular weight excluding hydrogens is 244 g/mol. The Bertz CT molecular complexity index is 479. The molecule has 1 aliphatic rings. The molecule has 0 radical (unpaired) electrons. The van der Waals surface area contributed by atoms with E-state index in [4.69, 9.17) is 5.73 Å². The molecule has 3 nitrogen and oxygen atoms in total. The largest absolute Gasteiger partial charge is 0.340 e. The maximum Gasteiger partial charge on any atom is 0.225 e. The SMILES string of the molecule is CN(Cc1cc(C#CCN)cs1)C(=O)C1CCC1. The standard InChI is InChI=1S/C14H18N2OS/c1-16(14(17)12-5-2-6-12)9-13-8-11(10-18-13)4-3-7-15/h8,10,12H,2,5-7,9,15H2,1H3. The van der Waals surface area contributed by atoms with Crippen molar-refractivity contribution < 1.29 is 4.79 Å². The fraction of sp³-hybridized carbons (Fsp3) is 0.500. The molecule has 2 rings (SSSR count). The number of carbonyl (C=O) groups excluding carboxylic acids is 1. The lowest BCUT2D eigenvalue weighted by Gasteiger charge is -2.28. The zero-order valence-electron chi connectivity index (χ0n) is 10.6. The van der Waals surface area contributed by atoms with Gasteiger partial charge >= 0.3 is 0 Å². The third-order valence-corrected chi connectivity index (χ3v) is 4.13. The van der Waals surface area contributed by atoms with Crippen molar-refractivity contribution in [1.29, 1.82) is 0 Å². The van der Waals surface area contributed by atoms with Crippen LogP contribution in [-0.2, 0) is 11.3 Å². The van der Waals surface area contributed by atoms with Gasteiger partial charge in [0.1, 0.15) is 0 Å². The van der Waals surface area contributed by atoms with Gasteiger partial charge in [-0.05, 0) is 18.9 Å². The molecule has 1 amide bonds. The van der Waals surface area contributed by atoms with Gasteiger partial charge in [-0.25, -0.2) is 0 Å². The van der Waals surface area contributed by atoms with Crippen molar-refractivity contribution >= 4 is 17.2 Å². The molecule has 1 fully saturated rings. The smallest absolute Gasteiger partial charge is 0.225 e. The average Bonchev–Trinajstić information content (AvgIpc) is 2.71. The van der Waals surface area contributed by atoms with Gasteiger partial charge in [-0.15, -0.1) is 11.3 Å². The number of thiophene rings is 1. The van der Waals surface area contributed by atoms with E-state index in [1.165, 1.54) is 11.3 Å². The maximum atomic E-state index is 12.0. The zero-order valence-corrected chi connectivity index (χ0v) is 11.4. The van der Waals surface area contributed by atoms with Crippen molar-refractivity contribution in [3.8, 4) is 11.8 Å². The maximum absolute atomic E-state index is 12.0. The lowest BCUT2D eigenvalue weighted by atomic mass is 9.84. The highest BCUT2D eigenvalue weighted by Gasteiger charge is 2.27. The Morgan fingerprint density at radius 1 is 1.61 bits per heavy atom. The first-order chi connectivity index (χ1) is 8.70. The van der Waals surface area contributed by atoms with Crippen LogP contribution < -0.4 is 5.73 Å². The summed E-state index contributed by atoms with van der Waals surface area (Å²) in [6.45, 7) is 1.07. The minimum Gasteiger partial charge on any atom is -0.340 e. The normalized spacial score (nSPS) is 14.6. The topological polar surface area (TPSA) is 46.3 Å². The van der Waals surface area contributed by atoms with Crippen LogP contribution in [-0.4, -0.2) is 24.4 Å². The Balaban J connectivity index is 1.92. The van der Waals surface area contributed by atoms with Crippen LogP contribution in [0, 0.1) is 17.8 Å². The molecule has 0 spiro atoms. The summed E-state index contributed by atoms with van der Waals surface area (Å²) in [7, 11) is 1.88. The van der Waals surface area contributed by atoms with Gasteiger partial charge in [0.05, 0.1) is 13.1 Å². The Hall–Kier alpha value is -1.31. The highest BCUT2D eigenvalue weighted by Crippen LogP contribution is 2.28. The number of hydrogen-bond acceptors (Lipinski definition) is 3. The van der Waals surface area contributed by atoms with Crippen LogP contribution >= 0.6 is 11.3 Å². The summed E-state index contributed by atoms with van der Waals surface area (Å²) in [6, 6.07) is 2.04. The highest BCUT2D eigenvalue weighted by atomic mass is 32.1. The highest BCUT2D eigenvalue weighted by molar-refractivity contribution is 7.10.